The number of nitrogens with one attached hydrogen (secondary N) is 2. The summed E-state index contributed by atoms with van der Waals surface area (Å²) in [4.78, 5) is 15.8. The highest BCUT2D eigenvalue weighted by atomic mass is 19.1. The lowest BCUT2D eigenvalue weighted by Gasteiger charge is -2.16. The summed E-state index contributed by atoms with van der Waals surface area (Å²) in [5, 5.41) is 9.21. The molecule has 2 amide bonds. The zero-order valence-corrected chi connectivity index (χ0v) is 12.5. The third-order valence-corrected chi connectivity index (χ3v) is 2.81. The van der Waals surface area contributed by atoms with E-state index in [0.29, 0.717) is 12.3 Å². The predicted molar refractivity (Wildman–Crippen MR) is 82.4 cm³/mol. The largest absolute Gasteiger partial charge is 0.479 e. The molecule has 0 spiro atoms. The lowest BCUT2D eigenvalue weighted by atomic mass is 10.3. The third kappa shape index (κ3) is 5.00. The van der Waals surface area contributed by atoms with Gasteiger partial charge in [0, 0.05) is 12.1 Å². The zero-order valence-electron chi connectivity index (χ0n) is 12.5. The number of carbonyl (C=O) groups excluding carboxylic acids is 1. The number of anilines is 1. The summed E-state index contributed by atoms with van der Waals surface area (Å²) >= 11 is 0. The summed E-state index contributed by atoms with van der Waals surface area (Å²) in [5.74, 6) is 2.11. The summed E-state index contributed by atoms with van der Waals surface area (Å²) in [6.45, 7) is 2.28. The van der Waals surface area contributed by atoms with Gasteiger partial charge >= 0.3 is 6.03 Å². The summed E-state index contributed by atoms with van der Waals surface area (Å²) in [5.41, 5.74) is 0.200. The molecule has 1 atom stereocenters. The molecule has 0 aliphatic heterocycles. The van der Waals surface area contributed by atoms with Crippen molar-refractivity contribution in [1.29, 1.82) is 0 Å². The van der Waals surface area contributed by atoms with Gasteiger partial charge in [-0.1, -0.05) is 5.92 Å². The molecule has 2 aromatic rings. The molecular formula is C15H16FN5O2. The normalized spacial score (nSPS) is 11.3. The zero-order chi connectivity index (χ0) is 16.7. The molecule has 1 heterocycles. The Morgan fingerprint density at radius 1 is 1.57 bits per heavy atom. The minimum absolute atomic E-state index is 0.0185. The molecule has 1 aromatic heterocycles. The topological polar surface area (TPSA) is 81.1 Å². The number of rotatable bonds is 6. The Morgan fingerprint density at radius 3 is 3.09 bits per heavy atom. The van der Waals surface area contributed by atoms with E-state index >= 15 is 0 Å². The third-order valence-electron chi connectivity index (χ3n) is 2.81. The smallest absolute Gasteiger partial charge is 0.319 e. The molecule has 0 radical (unpaired) electrons. The minimum atomic E-state index is -0.496. The van der Waals surface area contributed by atoms with E-state index in [1.54, 1.807) is 11.0 Å². The number of hydrogen-bond acceptors (Lipinski definition) is 4. The van der Waals surface area contributed by atoms with Crippen molar-refractivity contribution in [1.82, 2.24) is 20.1 Å². The van der Waals surface area contributed by atoms with Gasteiger partial charge in [0.1, 0.15) is 30.8 Å². The van der Waals surface area contributed by atoms with Crippen molar-refractivity contribution >= 4 is 11.7 Å². The van der Waals surface area contributed by atoms with Crippen molar-refractivity contribution in [2.24, 2.45) is 0 Å². The monoisotopic (exact) mass is 317 g/mol. The molecular weight excluding hydrogens is 301 g/mol. The van der Waals surface area contributed by atoms with Crippen LogP contribution in [0, 0.1) is 18.2 Å². The maximum absolute atomic E-state index is 13.3. The molecule has 23 heavy (non-hydrogen) atoms. The van der Waals surface area contributed by atoms with E-state index in [1.807, 2.05) is 6.92 Å². The molecule has 0 bridgehead atoms. The first-order valence-electron chi connectivity index (χ1n) is 6.84. The highest BCUT2D eigenvalue weighted by molar-refractivity contribution is 5.91. The van der Waals surface area contributed by atoms with Gasteiger partial charge in [-0.2, -0.15) is 5.10 Å². The van der Waals surface area contributed by atoms with Gasteiger partial charge in [0.05, 0.1) is 12.2 Å². The van der Waals surface area contributed by atoms with Crippen LogP contribution in [0.4, 0.5) is 14.9 Å². The number of hydrogen-bond donors (Lipinski definition) is 2. The first-order valence-corrected chi connectivity index (χ1v) is 6.84. The molecule has 0 saturated carbocycles. The van der Waals surface area contributed by atoms with E-state index in [1.165, 1.54) is 18.5 Å². The summed E-state index contributed by atoms with van der Waals surface area (Å²) in [6, 6.07) is 3.09. The van der Waals surface area contributed by atoms with E-state index in [9.17, 15) is 9.18 Å². The molecule has 0 fully saturated rings. The molecule has 2 N–H and O–H groups in total. The molecule has 7 nitrogen and oxygen atoms in total. The Bertz CT molecular complexity index is 696. The van der Waals surface area contributed by atoms with Crippen LogP contribution < -0.4 is 15.4 Å². The summed E-state index contributed by atoms with van der Waals surface area (Å²) in [7, 11) is 0. The fourth-order valence-corrected chi connectivity index (χ4v) is 1.88. The molecule has 0 aliphatic rings. The number of ether oxygens (including phenoxy) is 1. The van der Waals surface area contributed by atoms with Gasteiger partial charge in [0.2, 0.25) is 0 Å². The lowest BCUT2D eigenvalue weighted by Crippen LogP contribution is -2.38. The summed E-state index contributed by atoms with van der Waals surface area (Å²) in [6.07, 6.45) is 8.09. The first-order chi connectivity index (χ1) is 11.1. The lowest BCUT2D eigenvalue weighted by molar-refractivity contribution is 0.247. The van der Waals surface area contributed by atoms with Crippen LogP contribution in [-0.4, -0.2) is 33.4 Å². The van der Waals surface area contributed by atoms with Gasteiger partial charge in [0.15, 0.2) is 0 Å². The number of amides is 2. The molecule has 0 aliphatic carbocycles. The number of carbonyl (C=O) groups is 1. The van der Waals surface area contributed by atoms with E-state index in [-0.39, 0.29) is 18.3 Å². The van der Waals surface area contributed by atoms with E-state index in [2.05, 4.69) is 26.6 Å². The fourth-order valence-electron chi connectivity index (χ4n) is 1.88. The van der Waals surface area contributed by atoms with Gasteiger partial charge in [-0.3, -0.25) is 4.68 Å². The number of urea groups is 1. The first kappa shape index (κ1) is 16.3. The Labute approximate surface area is 132 Å². The highest BCUT2D eigenvalue weighted by Gasteiger charge is 2.12. The molecule has 1 unspecified atom stereocenters. The van der Waals surface area contributed by atoms with Gasteiger partial charge in [-0.25, -0.2) is 14.2 Å². The quantitative estimate of drug-likeness (QED) is 0.794. The molecule has 0 saturated heterocycles. The number of halogens is 1. The maximum atomic E-state index is 13.3. The van der Waals surface area contributed by atoms with Crippen LogP contribution in [0.15, 0.2) is 30.9 Å². The maximum Gasteiger partial charge on any atom is 0.319 e. The molecule has 120 valence electrons. The number of terminal acetylenes is 1. The van der Waals surface area contributed by atoms with E-state index in [4.69, 9.17) is 11.2 Å². The van der Waals surface area contributed by atoms with Gasteiger partial charge < -0.3 is 15.4 Å². The van der Waals surface area contributed by atoms with Gasteiger partial charge in [-0.05, 0) is 19.1 Å². The fraction of sp³-hybridized carbons (Fsp3) is 0.267. The van der Waals surface area contributed by atoms with Crippen LogP contribution in [-0.2, 0) is 6.54 Å². The number of aromatic nitrogens is 3. The van der Waals surface area contributed by atoms with Crippen molar-refractivity contribution in [2.75, 3.05) is 11.9 Å². The standard InChI is InChI=1S/C15H16FN5O2/c1-3-6-23-14-5-4-12(16)7-13(14)20-15(22)19-11(2)8-21-10-17-9-18-21/h1,4-5,7,9-11H,6,8H2,2H3,(H2,19,20,22). The Morgan fingerprint density at radius 2 is 2.39 bits per heavy atom. The van der Waals surface area contributed by atoms with Crippen LogP contribution in [0.3, 0.4) is 0 Å². The second-order valence-corrected chi connectivity index (χ2v) is 4.75. The van der Waals surface area contributed by atoms with Crippen LogP contribution >= 0.6 is 0 Å². The van der Waals surface area contributed by atoms with Crippen molar-refractivity contribution in [3.63, 3.8) is 0 Å². The molecule has 1 aromatic carbocycles. The molecule has 8 heteroatoms. The van der Waals surface area contributed by atoms with Crippen molar-refractivity contribution in [2.45, 2.75) is 19.5 Å². The number of benzene rings is 1. The van der Waals surface area contributed by atoms with E-state index < -0.39 is 11.8 Å². The van der Waals surface area contributed by atoms with Crippen LogP contribution in [0.5, 0.6) is 5.75 Å². The minimum Gasteiger partial charge on any atom is -0.479 e. The average molecular weight is 317 g/mol. The van der Waals surface area contributed by atoms with Crippen molar-refractivity contribution < 1.29 is 13.9 Å². The Kier molecular flexibility index (Phi) is 5.52. The second kappa shape index (κ2) is 7.79. The number of nitrogens with zero attached hydrogens (tertiary/aromatic N) is 3. The van der Waals surface area contributed by atoms with Crippen LogP contribution in [0.25, 0.3) is 0 Å². The Balaban J connectivity index is 1.96. The van der Waals surface area contributed by atoms with Crippen molar-refractivity contribution in [3.05, 3.63) is 36.7 Å². The average Bonchev–Trinajstić information content (AvgIpc) is 2.99. The Hall–Kier alpha value is -3.08. The van der Waals surface area contributed by atoms with Gasteiger partial charge in [0.25, 0.3) is 0 Å². The second-order valence-electron chi connectivity index (χ2n) is 4.75. The van der Waals surface area contributed by atoms with E-state index in [0.717, 1.165) is 6.07 Å². The van der Waals surface area contributed by atoms with Crippen molar-refractivity contribution in [3.8, 4) is 18.1 Å². The highest BCUT2D eigenvalue weighted by Crippen LogP contribution is 2.25. The van der Waals surface area contributed by atoms with Crippen LogP contribution in [0.2, 0.25) is 0 Å². The molecule has 2 rings (SSSR count). The van der Waals surface area contributed by atoms with Gasteiger partial charge in [-0.15, -0.1) is 6.42 Å². The van der Waals surface area contributed by atoms with Crippen LogP contribution in [0.1, 0.15) is 6.92 Å². The predicted octanol–water partition coefficient (Wildman–Crippen LogP) is 1.64. The SMILES string of the molecule is C#CCOc1ccc(F)cc1NC(=O)NC(C)Cn1cncn1. The summed E-state index contributed by atoms with van der Waals surface area (Å²) < 4.78 is 20.2.